The fraction of sp³-hybridized carbons (Fsp3) is 0.364. The number of carbonyl (C=O) groups is 1. The molecule has 204 valence electrons. The van der Waals surface area contributed by atoms with Crippen LogP contribution in [0.4, 0.5) is 19.0 Å². The molecule has 12 nitrogen and oxygen atoms in total. The average Bonchev–Trinajstić information content (AvgIpc) is 3.44. The number of aliphatic hydroxyl groups excluding tert-OH is 1. The van der Waals surface area contributed by atoms with Gasteiger partial charge >= 0.3 is 16.9 Å². The van der Waals surface area contributed by atoms with E-state index in [1.54, 1.807) is 12.1 Å². The monoisotopic (exact) mass is 556 g/mol. The fourth-order valence-corrected chi connectivity index (χ4v) is 4.52. The maximum atomic E-state index is 14.8. The van der Waals surface area contributed by atoms with Gasteiger partial charge in [-0.25, -0.2) is 14.4 Å². The molecule has 0 saturated heterocycles. The number of carbonyl (C=O) groups excluding carboxylic acids is 1. The molecule has 38 heavy (non-hydrogen) atoms. The van der Waals surface area contributed by atoms with Gasteiger partial charge in [0.25, 0.3) is 0 Å². The minimum absolute atomic E-state index is 0.00686. The molecule has 2 aromatic heterocycles. The first kappa shape index (κ1) is 27.4. The van der Waals surface area contributed by atoms with Crippen molar-refractivity contribution in [2.24, 2.45) is 0 Å². The number of anilines is 1. The van der Waals surface area contributed by atoms with Crippen molar-refractivity contribution < 1.29 is 40.4 Å². The van der Waals surface area contributed by atoms with E-state index < -0.39 is 47.1 Å². The van der Waals surface area contributed by atoms with E-state index in [-0.39, 0.29) is 35.8 Å². The maximum Gasteiger partial charge on any atom is 0.387 e. The number of aromatic nitrogens is 4. The fourth-order valence-electron chi connectivity index (χ4n) is 3.91. The van der Waals surface area contributed by atoms with Crippen LogP contribution in [0.25, 0.3) is 0 Å². The summed E-state index contributed by atoms with van der Waals surface area (Å²) in [6, 6.07) is 6.34. The predicted octanol–water partition coefficient (Wildman–Crippen LogP) is 1.29. The molecule has 0 radical (unpaired) electrons. The number of ether oxygens (including phenoxy) is 1. The third-order valence-corrected chi connectivity index (χ3v) is 6.70. The van der Waals surface area contributed by atoms with E-state index >= 15 is 0 Å². The summed E-state index contributed by atoms with van der Waals surface area (Å²) < 4.78 is 75.5. The molecule has 4 rings (SSSR count). The van der Waals surface area contributed by atoms with Crippen LogP contribution in [-0.4, -0.2) is 77.1 Å². The van der Waals surface area contributed by atoms with Crippen LogP contribution >= 0.6 is 0 Å². The second-order valence-corrected chi connectivity index (χ2v) is 9.76. The molecule has 1 aliphatic rings. The molecule has 1 aromatic carbocycles. The molecule has 16 heteroatoms. The van der Waals surface area contributed by atoms with E-state index in [1.807, 2.05) is 4.72 Å². The Balaban J connectivity index is 1.47. The number of benzene rings is 1. The zero-order valence-electron chi connectivity index (χ0n) is 19.7. The van der Waals surface area contributed by atoms with E-state index in [4.69, 9.17) is 4.18 Å². The number of alkyl halides is 3. The lowest BCUT2D eigenvalue weighted by Gasteiger charge is -2.17. The summed E-state index contributed by atoms with van der Waals surface area (Å²) in [7, 11) is -3.07. The maximum absolute atomic E-state index is 14.8. The molecule has 0 bridgehead atoms. The zero-order chi connectivity index (χ0) is 27.4. The van der Waals surface area contributed by atoms with Crippen molar-refractivity contribution in [1.29, 1.82) is 0 Å². The van der Waals surface area contributed by atoms with Crippen LogP contribution in [0, 0.1) is 0 Å². The Hall–Kier alpha value is -3.60. The van der Waals surface area contributed by atoms with Gasteiger partial charge in [0.15, 0.2) is 0 Å². The summed E-state index contributed by atoms with van der Waals surface area (Å²) in [6.45, 7) is -2.81. The van der Waals surface area contributed by atoms with Crippen LogP contribution in [0.5, 0.6) is 5.75 Å². The number of rotatable bonds is 11. The Bertz CT molecular complexity index is 1390. The summed E-state index contributed by atoms with van der Waals surface area (Å²) in [5.74, 6) is -0.660. The number of hydrogen-bond acceptors (Lipinski definition) is 10. The van der Waals surface area contributed by atoms with Crippen molar-refractivity contribution in [2.45, 2.75) is 44.0 Å². The molecule has 3 N–H and O–H groups in total. The van der Waals surface area contributed by atoms with Crippen LogP contribution in [0.15, 0.2) is 49.1 Å². The molecule has 4 atom stereocenters. The molecule has 0 spiro atoms. The Morgan fingerprint density at radius 3 is 2.84 bits per heavy atom. The van der Waals surface area contributed by atoms with Gasteiger partial charge < -0.3 is 15.2 Å². The highest BCUT2D eigenvalue weighted by Gasteiger charge is 2.46. The van der Waals surface area contributed by atoms with Gasteiger partial charge in [0.1, 0.15) is 42.0 Å². The molecular formula is C22H23F3N6O6S. The molecular weight excluding hydrogens is 533 g/mol. The normalized spacial score (nSPS) is 21.5. The van der Waals surface area contributed by atoms with Gasteiger partial charge in [-0.3, -0.25) is 13.7 Å². The van der Waals surface area contributed by atoms with Gasteiger partial charge in [-0.15, -0.1) is 0 Å². The lowest BCUT2D eigenvalue weighted by molar-refractivity contribution is -0.0498. The summed E-state index contributed by atoms with van der Waals surface area (Å²) in [6.07, 6.45) is -1.40. The first-order chi connectivity index (χ1) is 18.1. The molecule has 1 fully saturated rings. The first-order valence-corrected chi connectivity index (χ1v) is 12.6. The Morgan fingerprint density at radius 2 is 2.11 bits per heavy atom. The quantitative estimate of drug-likeness (QED) is 0.294. The van der Waals surface area contributed by atoms with E-state index in [1.165, 1.54) is 35.3 Å². The number of nitrogens with zero attached hydrogens (tertiary/aromatic N) is 4. The Kier molecular flexibility index (Phi) is 8.25. The van der Waals surface area contributed by atoms with Crippen LogP contribution in [0.1, 0.15) is 28.0 Å². The zero-order valence-corrected chi connectivity index (χ0v) is 20.6. The van der Waals surface area contributed by atoms with Crippen LogP contribution in [0.3, 0.4) is 0 Å². The molecule has 1 saturated carbocycles. The van der Waals surface area contributed by atoms with Gasteiger partial charge in [0.2, 0.25) is 5.78 Å². The van der Waals surface area contributed by atoms with E-state index in [0.717, 1.165) is 13.4 Å². The summed E-state index contributed by atoms with van der Waals surface area (Å²) in [5.41, 5.74) is 0.563. The molecule has 3 aromatic rings. The second kappa shape index (κ2) is 11.4. The highest BCUT2D eigenvalue weighted by Crippen LogP contribution is 2.30. The van der Waals surface area contributed by atoms with Crippen LogP contribution in [0.2, 0.25) is 0 Å². The lowest BCUT2D eigenvalue weighted by atomic mass is 10.1. The Morgan fingerprint density at radius 1 is 1.32 bits per heavy atom. The van der Waals surface area contributed by atoms with Gasteiger partial charge in [0.05, 0.1) is 18.2 Å². The third kappa shape index (κ3) is 6.45. The van der Waals surface area contributed by atoms with Gasteiger partial charge in [0, 0.05) is 25.9 Å². The van der Waals surface area contributed by atoms with Crippen molar-refractivity contribution in [1.82, 2.24) is 24.5 Å². The topological polar surface area (TPSA) is 158 Å². The van der Waals surface area contributed by atoms with E-state index in [0.29, 0.717) is 5.56 Å². The minimum atomic E-state index is -4.18. The van der Waals surface area contributed by atoms with Gasteiger partial charge in [-0.2, -0.15) is 27.0 Å². The highest BCUT2D eigenvalue weighted by atomic mass is 32.2. The molecule has 0 amide bonds. The number of hydrogen-bond donors (Lipinski definition) is 3. The Labute approximate surface area is 215 Å². The smallest absolute Gasteiger partial charge is 0.387 e. The summed E-state index contributed by atoms with van der Waals surface area (Å²) >= 11 is 0. The van der Waals surface area contributed by atoms with Crippen LogP contribution in [-0.2, 0) is 21.0 Å². The summed E-state index contributed by atoms with van der Waals surface area (Å²) in [4.78, 5) is 21.0. The molecule has 0 aliphatic heterocycles. The SMILES string of the molecule is CNS(=O)(=O)O[C@@H]1C[C@@H](Nc2ncncc2C(=O)c2ccn(Cc3cccc(OC(F)F)c3)n2)[C@@H](F)[C@@H]1O. The van der Waals surface area contributed by atoms with Crippen LogP contribution < -0.4 is 14.8 Å². The molecule has 0 unspecified atom stereocenters. The average molecular weight is 557 g/mol. The number of halogens is 3. The van der Waals surface area contributed by atoms with Crippen molar-refractivity contribution in [3.05, 3.63) is 65.9 Å². The van der Waals surface area contributed by atoms with Crippen molar-refractivity contribution in [3.63, 3.8) is 0 Å². The van der Waals surface area contributed by atoms with Crippen molar-refractivity contribution >= 4 is 21.9 Å². The number of aliphatic hydroxyl groups is 1. The second-order valence-electron chi connectivity index (χ2n) is 8.25. The van der Waals surface area contributed by atoms with Crippen molar-refractivity contribution in [2.75, 3.05) is 12.4 Å². The minimum Gasteiger partial charge on any atom is -0.435 e. The van der Waals surface area contributed by atoms with Gasteiger partial charge in [-0.1, -0.05) is 12.1 Å². The first-order valence-electron chi connectivity index (χ1n) is 11.2. The van der Waals surface area contributed by atoms with Gasteiger partial charge in [-0.05, 0) is 23.8 Å². The predicted molar refractivity (Wildman–Crippen MR) is 126 cm³/mol. The largest absolute Gasteiger partial charge is 0.435 e. The van der Waals surface area contributed by atoms with Crippen molar-refractivity contribution in [3.8, 4) is 5.75 Å². The molecule has 1 aliphatic carbocycles. The standard InChI is InChI=1S/C22H23F3N6O6S/c1-26-38(34,35)37-17-8-16(18(23)20(17)33)29-21-14(9-27-11-28-21)19(32)15-5-6-31(30-15)10-12-3-2-4-13(7-12)36-22(24)25/h2-7,9,11,16-18,20,22,26,33H,8,10H2,1H3,(H,27,28,29)/t16-,17-,18-,20-/m1/s1. The number of ketones is 1. The highest BCUT2D eigenvalue weighted by molar-refractivity contribution is 7.84. The van der Waals surface area contributed by atoms with E-state index in [2.05, 4.69) is 25.1 Å². The molecule has 2 heterocycles. The number of nitrogens with one attached hydrogen (secondary N) is 2. The lowest BCUT2D eigenvalue weighted by Crippen LogP contribution is -2.35. The van der Waals surface area contributed by atoms with E-state index in [9.17, 15) is 31.5 Å². The third-order valence-electron chi connectivity index (χ3n) is 5.70. The summed E-state index contributed by atoms with van der Waals surface area (Å²) in [5, 5.41) is 17.1.